The van der Waals surface area contributed by atoms with Crippen LogP contribution in [0.3, 0.4) is 0 Å². The fraction of sp³-hybridized carbons (Fsp3) is 0.273. The van der Waals surface area contributed by atoms with E-state index in [1.807, 2.05) is 0 Å². The van der Waals surface area contributed by atoms with Gasteiger partial charge in [-0.2, -0.15) is 13.2 Å². The summed E-state index contributed by atoms with van der Waals surface area (Å²) in [6.07, 6.45) is -4.31. The highest BCUT2D eigenvalue weighted by molar-refractivity contribution is 9.09. The Kier molecular flexibility index (Phi) is 3.81. The van der Waals surface area contributed by atoms with Crippen molar-refractivity contribution < 1.29 is 13.2 Å². The summed E-state index contributed by atoms with van der Waals surface area (Å²) in [6.45, 7) is 1.44. The van der Waals surface area contributed by atoms with E-state index in [1.165, 1.54) is 13.0 Å². The molecular weight excluding hydrogens is 269 g/mol. The van der Waals surface area contributed by atoms with Gasteiger partial charge in [0.2, 0.25) is 0 Å². The molecule has 4 heteroatoms. The molecule has 0 aliphatic rings. The van der Waals surface area contributed by atoms with Crippen molar-refractivity contribution in [1.82, 2.24) is 0 Å². The third-order valence-electron chi connectivity index (χ3n) is 1.84. The Morgan fingerprint density at radius 2 is 2.00 bits per heavy atom. The van der Waals surface area contributed by atoms with Crippen molar-refractivity contribution in [3.63, 3.8) is 0 Å². The summed E-state index contributed by atoms with van der Waals surface area (Å²) in [5.41, 5.74) is -0.0249. The third kappa shape index (κ3) is 3.28. The Morgan fingerprint density at radius 3 is 2.53 bits per heavy atom. The summed E-state index contributed by atoms with van der Waals surface area (Å²) in [5.74, 6) is 5.30. The Balaban J connectivity index is 3.17. The van der Waals surface area contributed by atoms with Gasteiger partial charge in [0.25, 0.3) is 0 Å². The quantitative estimate of drug-likeness (QED) is 0.500. The Bertz CT molecular complexity index is 410. The smallest absolute Gasteiger partial charge is 0.166 e. The molecule has 1 rings (SSSR count). The molecule has 0 unspecified atom stereocenters. The van der Waals surface area contributed by atoms with Crippen LogP contribution in [0.1, 0.15) is 16.7 Å². The molecule has 0 fully saturated rings. The lowest BCUT2D eigenvalue weighted by Crippen LogP contribution is -2.07. The van der Waals surface area contributed by atoms with Crippen LogP contribution in [0.2, 0.25) is 0 Å². The minimum Gasteiger partial charge on any atom is -0.166 e. The first-order valence-electron chi connectivity index (χ1n) is 4.18. The van der Waals surface area contributed by atoms with Crippen LogP contribution >= 0.6 is 15.9 Å². The average Bonchev–Trinajstić information content (AvgIpc) is 2.15. The van der Waals surface area contributed by atoms with Gasteiger partial charge in [-0.1, -0.05) is 33.8 Å². The number of aryl methyl sites for hydroxylation is 1. The number of halogens is 4. The maximum atomic E-state index is 12.5. The largest absolute Gasteiger partial charge is 0.416 e. The van der Waals surface area contributed by atoms with Crippen LogP contribution in [0.15, 0.2) is 18.2 Å². The number of hydrogen-bond acceptors (Lipinski definition) is 0. The van der Waals surface area contributed by atoms with Crippen LogP contribution in [0.4, 0.5) is 13.2 Å². The summed E-state index contributed by atoms with van der Waals surface area (Å²) >= 11 is 3.08. The molecule has 0 saturated heterocycles. The predicted octanol–water partition coefficient (Wildman–Crippen LogP) is 3.76. The summed E-state index contributed by atoms with van der Waals surface area (Å²) in [5, 5.41) is 0.447. The molecule has 0 N–H and O–H groups in total. The third-order valence-corrected chi connectivity index (χ3v) is 2.12. The molecule has 0 heterocycles. The molecule has 0 aliphatic carbocycles. The van der Waals surface area contributed by atoms with E-state index in [9.17, 15) is 13.2 Å². The average molecular weight is 277 g/mol. The first-order chi connectivity index (χ1) is 6.95. The number of benzene rings is 1. The van der Waals surface area contributed by atoms with E-state index in [1.54, 1.807) is 6.07 Å². The fourth-order valence-electron chi connectivity index (χ4n) is 1.14. The molecule has 0 aliphatic heterocycles. The SMILES string of the molecule is Cc1ccc(C#CCBr)cc1C(F)(F)F. The highest BCUT2D eigenvalue weighted by Gasteiger charge is 2.32. The minimum absolute atomic E-state index is 0.215. The fourth-order valence-corrected chi connectivity index (χ4v) is 1.28. The van der Waals surface area contributed by atoms with Crippen molar-refractivity contribution in [1.29, 1.82) is 0 Å². The predicted molar refractivity (Wildman–Crippen MR) is 56.9 cm³/mol. The Morgan fingerprint density at radius 1 is 1.33 bits per heavy atom. The van der Waals surface area contributed by atoms with Crippen molar-refractivity contribution in [3.8, 4) is 11.8 Å². The number of alkyl halides is 4. The van der Waals surface area contributed by atoms with E-state index in [-0.39, 0.29) is 5.56 Å². The molecule has 1 aromatic carbocycles. The van der Waals surface area contributed by atoms with Gasteiger partial charge in [-0.05, 0) is 24.6 Å². The van der Waals surface area contributed by atoms with Crippen molar-refractivity contribution >= 4 is 15.9 Å². The zero-order chi connectivity index (χ0) is 11.5. The minimum atomic E-state index is -4.31. The van der Waals surface area contributed by atoms with E-state index in [4.69, 9.17) is 0 Å². The molecule has 0 saturated carbocycles. The van der Waals surface area contributed by atoms with E-state index >= 15 is 0 Å². The highest BCUT2D eigenvalue weighted by Crippen LogP contribution is 2.32. The number of rotatable bonds is 0. The monoisotopic (exact) mass is 276 g/mol. The molecular formula is C11H8BrF3. The van der Waals surface area contributed by atoms with Crippen molar-refractivity contribution in [2.45, 2.75) is 13.1 Å². The Labute approximate surface area is 94.6 Å². The van der Waals surface area contributed by atoms with Crippen molar-refractivity contribution in [2.24, 2.45) is 0 Å². The summed E-state index contributed by atoms with van der Waals surface area (Å²) in [4.78, 5) is 0. The first kappa shape index (κ1) is 12.1. The van der Waals surface area contributed by atoms with Gasteiger partial charge in [-0.25, -0.2) is 0 Å². The van der Waals surface area contributed by atoms with Crippen LogP contribution in [0.5, 0.6) is 0 Å². The lowest BCUT2D eigenvalue weighted by Gasteiger charge is -2.09. The maximum Gasteiger partial charge on any atom is 0.416 e. The van der Waals surface area contributed by atoms with Crippen molar-refractivity contribution in [3.05, 3.63) is 34.9 Å². The van der Waals surface area contributed by atoms with Crippen LogP contribution in [0.25, 0.3) is 0 Å². The lowest BCUT2D eigenvalue weighted by molar-refractivity contribution is -0.138. The Hall–Kier alpha value is -0.950. The van der Waals surface area contributed by atoms with E-state index in [2.05, 4.69) is 27.8 Å². The van der Waals surface area contributed by atoms with Gasteiger partial charge < -0.3 is 0 Å². The normalized spacial score (nSPS) is 10.7. The molecule has 0 spiro atoms. The molecule has 0 amide bonds. The molecule has 0 nitrogen and oxygen atoms in total. The van der Waals surface area contributed by atoms with Crippen LogP contribution in [-0.4, -0.2) is 5.33 Å². The summed E-state index contributed by atoms with van der Waals surface area (Å²) in [7, 11) is 0. The van der Waals surface area contributed by atoms with Gasteiger partial charge in [0.05, 0.1) is 10.9 Å². The van der Waals surface area contributed by atoms with Gasteiger partial charge in [-0.3, -0.25) is 0 Å². The van der Waals surface area contributed by atoms with Gasteiger partial charge in [0.1, 0.15) is 0 Å². The van der Waals surface area contributed by atoms with Gasteiger partial charge in [0, 0.05) is 5.56 Å². The van der Waals surface area contributed by atoms with E-state index < -0.39 is 11.7 Å². The molecule has 0 bridgehead atoms. The zero-order valence-electron chi connectivity index (χ0n) is 7.95. The van der Waals surface area contributed by atoms with E-state index in [0.717, 1.165) is 6.07 Å². The zero-order valence-corrected chi connectivity index (χ0v) is 9.54. The second-order valence-corrected chi connectivity index (χ2v) is 3.52. The molecule has 0 aromatic heterocycles. The van der Waals surface area contributed by atoms with Gasteiger partial charge in [0.15, 0.2) is 0 Å². The molecule has 80 valence electrons. The van der Waals surface area contributed by atoms with Gasteiger partial charge >= 0.3 is 6.18 Å². The van der Waals surface area contributed by atoms with Gasteiger partial charge in [-0.15, -0.1) is 0 Å². The van der Waals surface area contributed by atoms with Crippen LogP contribution in [0, 0.1) is 18.8 Å². The van der Waals surface area contributed by atoms with Crippen molar-refractivity contribution in [2.75, 3.05) is 5.33 Å². The molecule has 0 radical (unpaired) electrons. The topological polar surface area (TPSA) is 0 Å². The molecule has 0 atom stereocenters. The van der Waals surface area contributed by atoms with Crippen LogP contribution < -0.4 is 0 Å². The second-order valence-electron chi connectivity index (χ2n) is 2.96. The highest BCUT2D eigenvalue weighted by atomic mass is 79.9. The molecule has 1 aromatic rings. The number of hydrogen-bond donors (Lipinski definition) is 0. The summed E-state index contributed by atoms with van der Waals surface area (Å²) in [6, 6.07) is 4.09. The van der Waals surface area contributed by atoms with Crippen LogP contribution in [-0.2, 0) is 6.18 Å². The first-order valence-corrected chi connectivity index (χ1v) is 5.30. The summed E-state index contributed by atoms with van der Waals surface area (Å²) < 4.78 is 37.5. The molecule has 15 heavy (non-hydrogen) atoms. The maximum absolute atomic E-state index is 12.5. The standard InChI is InChI=1S/C11H8BrF3/c1-8-4-5-9(3-2-6-12)7-10(8)11(13,14)15/h4-5,7H,6H2,1H3. The van der Waals surface area contributed by atoms with E-state index in [0.29, 0.717) is 10.9 Å². The lowest BCUT2D eigenvalue weighted by atomic mass is 10.0. The second kappa shape index (κ2) is 4.71.